The van der Waals surface area contributed by atoms with Crippen molar-refractivity contribution in [3.63, 3.8) is 0 Å². The summed E-state index contributed by atoms with van der Waals surface area (Å²) in [6.45, 7) is 0.234. The summed E-state index contributed by atoms with van der Waals surface area (Å²) in [5, 5.41) is 12.9. The number of pyridine rings is 1. The Labute approximate surface area is 132 Å². The Bertz CT molecular complexity index is 705. The summed E-state index contributed by atoms with van der Waals surface area (Å²) in [5.41, 5.74) is 0.711. The topological polar surface area (TPSA) is 88.5 Å². The fraction of sp³-hybridized carbons (Fsp3) is 0.267. The van der Waals surface area contributed by atoms with Crippen molar-refractivity contribution in [3.8, 4) is 0 Å². The number of carbonyl (C=O) groups is 2. The van der Waals surface area contributed by atoms with Crippen molar-refractivity contribution in [2.24, 2.45) is 0 Å². The number of carboxylic acid groups (broad SMARTS) is 1. The number of carboxylic acids is 1. The number of hydrogen-bond acceptors (Lipinski definition) is 4. The summed E-state index contributed by atoms with van der Waals surface area (Å²) in [5.74, 6) is -1.67. The van der Waals surface area contributed by atoms with Gasteiger partial charge in [0.25, 0.3) is 5.91 Å². The van der Waals surface area contributed by atoms with Crippen molar-refractivity contribution >= 4 is 34.4 Å². The molecule has 0 saturated heterocycles. The Kier molecular flexibility index (Phi) is 5.30. The van der Waals surface area contributed by atoms with Crippen LogP contribution in [-0.2, 0) is 9.53 Å². The molecule has 2 aromatic rings. The molecule has 22 heavy (non-hydrogen) atoms. The molecule has 0 aliphatic heterocycles. The average Bonchev–Trinajstić information content (AvgIpc) is 2.50. The fourth-order valence-electron chi connectivity index (χ4n) is 1.94. The van der Waals surface area contributed by atoms with Gasteiger partial charge < -0.3 is 15.2 Å². The minimum absolute atomic E-state index is 0.137. The van der Waals surface area contributed by atoms with Crippen LogP contribution >= 0.6 is 11.6 Å². The third-order valence-electron chi connectivity index (χ3n) is 3.10. The Hall–Kier alpha value is -2.18. The smallest absolute Gasteiger partial charge is 0.326 e. The van der Waals surface area contributed by atoms with E-state index in [0.29, 0.717) is 10.5 Å². The van der Waals surface area contributed by atoms with E-state index in [9.17, 15) is 9.59 Å². The van der Waals surface area contributed by atoms with Gasteiger partial charge in [-0.05, 0) is 18.2 Å². The number of fused-ring (bicyclic) bond motifs is 1. The van der Waals surface area contributed by atoms with E-state index in [4.69, 9.17) is 21.4 Å². The van der Waals surface area contributed by atoms with Crippen molar-refractivity contribution in [3.05, 3.63) is 41.0 Å². The lowest BCUT2D eigenvalue weighted by Crippen LogP contribution is -2.41. The second-order valence-electron chi connectivity index (χ2n) is 4.68. The molecule has 0 saturated carbocycles. The van der Waals surface area contributed by atoms with E-state index in [1.54, 1.807) is 30.3 Å². The van der Waals surface area contributed by atoms with Crippen LogP contribution in [0.5, 0.6) is 0 Å². The van der Waals surface area contributed by atoms with Crippen molar-refractivity contribution < 1.29 is 19.4 Å². The van der Waals surface area contributed by atoms with Gasteiger partial charge in [0.05, 0.1) is 5.52 Å². The van der Waals surface area contributed by atoms with Crippen LogP contribution < -0.4 is 5.32 Å². The third kappa shape index (κ3) is 3.93. The van der Waals surface area contributed by atoms with Crippen LogP contribution in [0.1, 0.15) is 16.9 Å². The van der Waals surface area contributed by atoms with Gasteiger partial charge in [0.15, 0.2) is 0 Å². The lowest BCUT2D eigenvalue weighted by atomic mass is 10.2. The lowest BCUT2D eigenvalue weighted by molar-refractivity contribution is -0.139. The number of hydrogen-bond donors (Lipinski definition) is 2. The Morgan fingerprint density at radius 1 is 1.36 bits per heavy atom. The highest BCUT2D eigenvalue weighted by atomic mass is 35.5. The van der Waals surface area contributed by atoms with Crippen molar-refractivity contribution in [2.75, 3.05) is 13.7 Å². The van der Waals surface area contributed by atoms with Gasteiger partial charge in [-0.3, -0.25) is 4.79 Å². The van der Waals surface area contributed by atoms with Gasteiger partial charge in [-0.15, -0.1) is 0 Å². The molecular weight excluding hydrogens is 308 g/mol. The first-order valence-electron chi connectivity index (χ1n) is 6.60. The molecule has 0 fully saturated rings. The zero-order valence-electron chi connectivity index (χ0n) is 11.9. The second kappa shape index (κ2) is 7.20. The molecule has 1 heterocycles. The molecule has 0 aliphatic rings. The molecule has 2 rings (SSSR count). The number of ether oxygens (including phenoxy) is 1. The number of methoxy groups -OCH3 is 1. The molecule has 1 aromatic carbocycles. The van der Waals surface area contributed by atoms with Gasteiger partial charge >= 0.3 is 5.97 Å². The minimum atomic E-state index is -1.12. The number of amides is 1. The molecule has 1 unspecified atom stereocenters. The van der Waals surface area contributed by atoms with E-state index in [1.807, 2.05) is 0 Å². The number of nitrogens with one attached hydrogen (secondary N) is 1. The van der Waals surface area contributed by atoms with Gasteiger partial charge in [0, 0.05) is 30.5 Å². The van der Waals surface area contributed by atoms with E-state index < -0.39 is 17.9 Å². The van der Waals surface area contributed by atoms with Gasteiger partial charge in [0.2, 0.25) is 0 Å². The number of carbonyl (C=O) groups excluding carboxylic acids is 1. The Morgan fingerprint density at radius 2 is 2.09 bits per heavy atom. The van der Waals surface area contributed by atoms with Crippen molar-refractivity contribution in [1.82, 2.24) is 10.3 Å². The zero-order chi connectivity index (χ0) is 16.1. The Morgan fingerprint density at radius 3 is 2.77 bits per heavy atom. The first-order chi connectivity index (χ1) is 10.5. The minimum Gasteiger partial charge on any atom is -0.480 e. The van der Waals surface area contributed by atoms with E-state index in [1.165, 1.54) is 7.11 Å². The normalized spacial score (nSPS) is 12.1. The molecule has 2 N–H and O–H groups in total. The molecule has 116 valence electrons. The predicted molar refractivity (Wildman–Crippen MR) is 82.1 cm³/mol. The van der Waals surface area contributed by atoms with E-state index >= 15 is 0 Å². The third-order valence-corrected chi connectivity index (χ3v) is 3.34. The molecule has 1 aromatic heterocycles. The van der Waals surface area contributed by atoms with Crippen LogP contribution in [0.25, 0.3) is 10.9 Å². The monoisotopic (exact) mass is 322 g/mol. The molecular formula is C15H15ClN2O4. The maximum absolute atomic E-state index is 12.1. The summed E-state index contributed by atoms with van der Waals surface area (Å²) in [7, 11) is 1.47. The number of nitrogens with zero attached hydrogens (tertiary/aromatic N) is 1. The molecule has 0 aliphatic carbocycles. The van der Waals surface area contributed by atoms with Crippen molar-refractivity contribution in [2.45, 2.75) is 12.5 Å². The zero-order valence-corrected chi connectivity index (χ0v) is 12.6. The predicted octanol–water partition coefficient (Wildman–Crippen LogP) is 2.11. The van der Waals surface area contributed by atoms with E-state index in [0.717, 1.165) is 5.39 Å². The Balaban J connectivity index is 2.19. The highest BCUT2D eigenvalue weighted by Gasteiger charge is 2.21. The number of aliphatic carboxylic acids is 1. The molecule has 0 radical (unpaired) electrons. The summed E-state index contributed by atoms with van der Waals surface area (Å²) >= 11 is 5.90. The van der Waals surface area contributed by atoms with Crippen LogP contribution in [-0.4, -0.2) is 41.7 Å². The van der Waals surface area contributed by atoms with Gasteiger partial charge in [0.1, 0.15) is 11.7 Å². The lowest BCUT2D eigenvalue weighted by Gasteiger charge is -2.13. The standard InChI is InChI=1S/C15H15ClN2O4/c1-22-7-6-12(15(20)21)18-14(19)11-5-3-9-2-4-10(16)8-13(9)17-11/h2-5,8,12H,6-7H2,1H3,(H,18,19)(H,20,21). The number of halogens is 1. The molecule has 7 heteroatoms. The van der Waals surface area contributed by atoms with Crippen LogP contribution in [0.4, 0.5) is 0 Å². The van der Waals surface area contributed by atoms with E-state index in [-0.39, 0.29) is 18.7 Å². The van der Waals surface area contributed by atoms with Gasteiger partial charge in [-0.2, -0.15) is 0 Å². The molecule has 0 spiro atoms. The fourth-order valence-corrected chi connectivity index (χ4v) is 2.11. The first kappa shape index (κ1) is 16.2. The SMILES string of the molecule is COCCC(NC(=O)c1ccc2ccc(Cl)cc2n1)C(=O)O. The molecule has 1 amide bonds. The molecule has 0 bridgehead atoms. The summed E-state index contributed by atoms with van der Waals surface area (Å²) in [6, 6.07) is 7.43. The highest BCUT2D eigenvalue weighted by Crippen LogP contribution is 2.18. The maximum Gasteiger partial charge on any atom is 0.326 e. The first-order valence-corrected chi connectivity index (χ1v) is 6.98. The number of benzene rings is 1. The van der Waals surface area contributed by atoms with E-state index in [2.05, 4.69) is 10.3 Å². The summed E-state index contributed by atoms with van der Waals surface area (Å²) in [6.07, 6.45) is 0.178. The van der Waals surface area contributed by atoms with Crippen LogP contribution in [0.15, 0.2) is 30.3 Å². The number of rotatable bonds is 6. The number of aromatic nitrogens is 1. The van der Waals surface area contributed by atoms with Gasteiger partial charge in [-0.1, -0.05) is 23.7 Å². The van der Waals surface area contributed by atoms with Gasteiger partial charge in [-0.25, -0.2) is 9.78 Å². The van der Waals surface area contributed by atoms with Crippen LogP contribution in [0, 0.1) is 0 Å². The summed E-state index contributed by atoms with van der Waals surface area (Å²) < 4.78 is 4.84. The highest BCUT2D eigenvalue weighted by molar-refractivity contribution is 6.31. The molecule has 1 atom stereocenters. The second-order valence-corrected chi connectivity index (χ2v) is 5.12. The average molecular weight is 323 g/mol. The molecule has 6 nitrogen and oxygen atoms in total. The van der Waals surface area contributed by atoms with Crippen molar-refractivity contribution in [1.29, 1.82) is 0 Å². The quantitative estimate of drug-likeness (QED) is 0.850. The largest absolute Gasteiger partial charge is 0.480 e. The summed E-state index contributed by atoms with van der Waals surface area (Å²) in [4.78, 5) is 27.5. The maximum atomic E-state index is 12.1. The van der Waals surface area contributed by atoms with Crippen LogP contribution in [0.3, 0.4) is 0 Å². The van der Waals surface area contributed by atoms with Crippen LogP contribution in [0.2, 0.25) is 5.02 Å².